The van der Waals surface area contributed by atoms with Crippen molar-refractivity contribution < 1.29 is 9.47 Å². The van der Waals surface area contributed by atoms with Gasteiger partial charge in [0.25, 0.3) is 0 Å². The largest absolute Gasteiger partial charge is 0.488 e. The number of hydrogen-bond acceptors (Lipinski definition) is 2. The van der Waals surface area contributed by atoms with Gasteiger partial charge in [-0.15, -0.1) is 0 Å². The maximum atomic E-state index is 5.58. The first kappa shape index (κ1) is 10.5. The molecule has 0 aliphatic carbocycles. The second-order valence-corrected chi connectivity index (χ2v) is 3.76. The average molecular weight is 245 g/mol. The van der Waals surface area contributed by atoms with Gasteiger partial charge in [-0.2, -0.15) is 0 Å². The molecule has 0 fully saturated rings. The number of rotatable bonds is 4. The van der Waals surface area contributed by atoms with Crippen LogP contribution in [-0.4, -0.2) is 19.8 Å². The zero-order valence-corrected chi connectivity index (χ0v) is 9.37. The first-order valence-electron chi connectivity index (χ1n) is 4.13. The van der Waals surface area contributed by atoms with Crippen molar-refractivity contribution in [2.45, 2.75) is 13.0 Å². The van der Waals surface area contributed by atoms with Gasteiger partial charge in [0, 0.05) is 11.6 Å². The fourth-order valence-corrected chi connectivity index (χ4v) is 1.42. The van der Waals surface area contributed by atoms with E-state index in [0.29, 0.717) is 6.61 Å². The molecule has 0 saturated heterocycles. The molecule has 13 heavy (non-hydrogen) atoms. The molecule has 0 N–H and O–H groups in total. The summed E-state index contributed by atoms with van der Waals surface area (Å²) in [6, 6.07) is 7.77. The quantitative estimate of drug-likeness (QED) is 0.812. The highest BCUT2D eigenvalue weighted by atomic mass is 79.9. The van der Waals surface area contributed by atoms with Gasteiger partial charge in [-0.05, 0) is 25.1 Å². The van der Waals surface area contributed by atoms with E-state index < -0.39 is 0 Å². The average Bonchev–Trinajstić information content (AvgIpc) is 2.04. The van der Waals surface area contributed by atoms with Crippen LogP contribution in [0.25, 0.3) is 0 Å². The van der Waals surface area contributed by atoms with E-state index in [1.54, 1.807) is 7.11 Å². The smallest absolute Gasteiger partial charge is 0.120 e. The summed E-state index contributed by atoms with van der Waals surface area (Å²) in [6.45, 7) is 2.58. The molecule has 0 heterocycles. The summed E-state index contributed by atoms with van der Waals surface area (Å²) in [5.41, 5.74) is 0. The predicted octanol–water partition coefficient (Wildman–Crippen LogP) is 2.86. The third-order valence-corrected chi connectivity index (χ3v) is 2.03. The van der Waals surface area contributed by atoms with Crippen molar-refractivity contribution in [1.29, 1.82) is 0 Å². The van der Waals surface area contributed by atoms with Gasteiger partial charge >= 0.3 is 0 Å². The van der Waals surface area contributed by atoms with Gasteiger partial charge in [-0.25, -0.2) is 0 Å². The van der Waals surface area contributed by atoms with Gasteiger partial charge in [-0.1, -0.05) is 22.0 Å². The fourth-order valence-electron chi connectivity index (χ4n) is 1.04. The topological polar surface area (TPSA) is 18.5 Å². The number of hydrogen-bond donors (Lipinski definition) is 0. The highest BCUT2D eigenvalue weighted by Crippen LogP contribution is 2.18. The Kier molecular flexibility index (Phi) is 4.25. The van der Waals surface area contributed by atoms with E-state index in [-0.39, 0.29) is 6.10 Å². The first-order chi connectivity index (χ1) is 6.22. The van der Waals surface area contributed by atoms with E-state index in [0.717, 1.165) is 10.2 Å². The van der Waals surface area contributed by atoms with E-state index in [9.17, 15) is 0 Å². The molecular weight excluding hydrogens is 232 g/mol. The zero-order valence-electron chi connectivity index (χ0n) is 7.79. The minimum atomic E-state index is 0.0827. The van der Waals surface area contributed by atoms with Crippen molar-refractivity contribution in [1.82, 2.24) is 0 Å². The molecule has 0 saturated carbocycles. The van der Waals surface area contributed by atoms with Crippen LogP contribution in [-0.2, 0) is 4.74 Å². The van der Waals surface area contributed by atoms with Crippen molar-refractivity contribution in [2.24, 2.45) is 0 Å². The Bertz CT molecular complexity index is 263. The van der Waals surface area contributed by atoms with Crippen LogP contribution in [0.1, 0.15) is 6.92 Å². The standard InChI is InChI=1S/C10H13BrO2/c1-8(7-12-2)13-10-5-3-4-9(11)6-10/h3-6,8H,7H2,1-2H3. The number of benzene rings is 1. The minimum Gasteiger partial charge on any atom is -0.488 e. The van der Waals surface area contributed by atoms with E-state index in [2.05, 4.69) is 15.9 Å². The third kappa shape index (κ3) is 3.79. The number of halogens is 1. The molecule has 1 atom stereocenters. The lowest BCUT2D eigenvalue weighted by Gasteiger charge is -2.13. The van der Waals surface area contributed by atoms with Crippen LogP contribution in [0, 0.1) is 0 Å². The summed E-state index contributed by atoms with van der Waals surface area (Å²) in [6.07, 6.45) is 0.0827. The van der Waals surface area contributed by atoms with Crippen LogP contribution < -0.4 is 4.74 Å². The summed E-state index contributed by atoms with van der Waals surface area (Å²) in [5.74, 6) is 0.860. The lowest BCUT2D eigenvalue weighted by molar-refractivity contribution is 0.0920. The maximum Gasteiger partial charge on any atom is 0.120 e. The van der Waals surface area contributed by atoms with Crippen molar-refractivity contribution >= 4 is 15.9 Å². The Morgan fingerprint density at radius 2 is 2.23 bits per heavy atom. The molecule has 0 radical (unpaired) electrons. The van der Waals surface area contributed by atoms with E-state index in [4.69, 9.17) is 9.47 Å². The second kappa shape index (κ2) is 5.25. The molecule has 72 valence electrons. The molecular formula is C10H13BrO2. The highest BCUT2D eigenvalue weighted by molar-refractivity contribution is 9.10. The predicted molar refractivity (Wildman–Crippen MR) is 56.1 cm³/mol. The lowest BCUT2D eigenvalue weighted by Crippen LogP contribution is -2.17. The van der Waals surface area contributed by atoms with E-state index in [1.165, 1.54) is 0 Å². The summed E-state index contributed by atoms with van der Waals surface area (Å²) in [7, 11) is 1.67. The SMILES string of the molecule is COCC(C)Oc1cccc(Br)c1. The van der Waals surface area contributed by atoms with Crippen molar-refractivity contribution in [3.63, 3.8) is 0 Å². The number of ether oxygens (including phenoxy) is 2. The Hall–Kier alpha value is -0.540. The van der Waals surface area contributed by atoms with Gasteiger partial charge in [0.15, 0.2) is 0 Å². The molecule has 1 unspecified atom stereocenters. The van der Waals surface area contributed by atoms with Gasteiger partial charge in [-0.3, -0.25) is 0 Å². The maximum absolute atomic E-state index is 5.58. The third-order valence-electron chi connectivity index (χ3n) is 1.53. The van der Waals surface area contributed by atoms with Crippen molar-refractivity contribution in [3.05, 3.63) is 28.7 Å². The van der Waals surface area contributed by atoms with E-state index in [1.807, 2.05) is 31.2 Å². The second-order valence-electron chi connectivity index (χ2n) is 2.84. The molecule has 0 aliphatic heterocycles. The Morgan fingerprint density at radius 3 is 2.85 bits per heavy atom. The summed E-state index contributed by atoms with van der Waals surface area (Å²) in [4.78, 5) is 0. The van der Waals surface area contributed by atoms with Crippen LogP contribution in [0.5, 0.6) is 5.75 Å². The van der Waals surface area contributed by atoms with E-state index >= 15 is 0 Å². The molecule has 1 rings (SSSR count). The Balaban J connectivity index is 2.53. The monoisotopic (exact) mass is 244 g/mol. The van der Waals surface area contributed by atoms with Gasteiger partial charge in [0.2, 0.25) is 0 Å². The van der Waals surface area contributed by atoms with Crippen LogP contribution in [0.15, 0.2) is 28.7 Å². The van der Waals surface area contributed by atoms with Gasteiger partial charge in [0.05, 0.1) is 6.61 Å². The summed E-state index contributed by atoms with van der Waals surface area (Å²) >= 11 is 3.38. The fraction of sp³-hybridized carbons (Fsp3) is 0.400. The molecule has 0 spiro atoms. The Morgan fingerprint density at radius 1 is 1.46 bits per heavy atom. The Labute approximate surface area is 87.0 Å². The van der Waals surface area contributed by atoms with Crippen molar-refractivity contribution in [2.75, 3.05) is 13.7 Å². The van der Waals surface area contributed by atoms with Crippen LogP contribution in [0.4, 0.5) is 0 Å². The molecule has 1 aromatic rings. The minimum absolute atomic E-state index is 0.0827. The highest BCUT2D eigenvalue weighted by Gasteiger charge is 2.02. The van der Waals surface area contributed by atoms with Gasteiger partial charge in [0.1, 0.15) is 11.9 Å². The molecule has 0 amide bonds. The molecule has 3 heteroatoms. The molecule has 0 bridgehead atoms. The van der Waals surface area contributed by atoms with Crippen LogP contribution in [0.3, 0.4) is 0 Å². The van der Waals surface area contributed by atoms with Crippen LogP contribution >= 0.6 is 15.9 Å². The summed E-state index contributed by atoms with van der Waals surface area (Å²) < 4.78 is 11.6. The molecule has 0 aliphatic rings. The summed E-state index contributed by atoms with van der Waals surface area (Å²) in [5, 5.41) is 0. The zero-order chi connectivity index (χ0) is 9.68. The molecule has 0 aromatic heterocycles. The lowest BCUT2D eigenvalue weighted by atomic mass is 10.3. The number of methoxy groups -OCH3 is 1. The van der Waals surface area contributed by atoms with Crippen molar-refractivity contribution in [3.8, 4) is 5.75 Å². The normalized spacial score (nSPS) is 12.5. The first-order valence-corrected chi connectivity index (χ1v) is 4.93. The van der Waals surface area contributed by atoms with Gasteiger partial charge < -0.3 is 9.47 Å². The van der Waals surface area contributed by atoms with Crippen LogP contribution in [0.2, 0.25) is 0 Å². The molecule has 1 aromatic carbocycles. The molecule has 2 nitrogen and oxygen atoms in total.